The number of nitrogens with one attached hydrogen (secondary N) is 2. The Morgan fingerprint density at radius 3 is 2.86 bits per heavy atom. The maximum atomic E-state index is 12.2. The van der Waals surface area contributed by atoms with Crippen molar-refractivity contribution >= 4 is 35.3 Å². The number of carbonyl (C=O) groups excluding carboxylic acids is 1. The van der Waals surface area contributed by atoms with Crippen LogP contribution in [-0.4, -0.2) is 18.5 Å². The molecule has 22 heavy (non-hydrogen) atoms. The lowest BCUT2D eigenvalue weighted by Gasteiger charge is -2.12. The molecule has 5 heteroatoms. The Morgan fingerprint density at radius 2 is 2.14 bits per heavy atom. The van der Waals surface area contributed by atoms with E-state index < -0.39 is 0 Å². The van der Waals surface area contributed by atoms with Gasteiger partial charge in [0.05, 0.1) is 0 Å². The van der Waals surface area contributed by atoms with Gasteiger partial charge in [-0.25, -0.2) is 0 Å². The van der Waals surface area contributed by atoms with Crippen molar-refractivity contribution < 1.29 is 4.79 Å². The molecule has 3 nitrogen and oxygen atoms in total. The van der Waals surface area contributed by atoms with Crippen LogP contribution in [-0.2, 0) is 4.79 Å². The summed E-state index contributed by atoms with van der Waals surface area (Å²) in [5.74, 6) is 0.104. The fraction of sp³-hybridized carbons (Fsp3) is 0.353. The van der Waals surface area contributed by atoms with E-state index in [-0.39, 0.29) is 18.3 Å². The number of anilines is 1. The summed E-state index contributed by atoms with van der Waals surface area (Å²) in [6.07, 6.45) is 3.93. The van der Waals surface area contributed by atoms with Gasteiger partial charge >= 0.3 is 0 Å². The van der Waals surface area contributed by atoms with E-state index in [1.54, 1.807) is 11.3 Å². The fourth-order valence-electron chi connectivity index (χ4n) is 2.76. The van der Waals surface area contributed by atoms with Crippen molar-refractivity contribution in [2.45, 2.75) is 31.7 Å². The molecule has 2 aromatic rings. The Bertz CT molecular complexity index is 594. The van der Waals surface area contributed by atoms with Gasteiger partial charge in [0.1, 0.15) is 0 Å². The zero-order valence-corrected chi connectivity index (χ0v) is 14.0. The van der Waals surface area contributed by atoms with Crippen molar-refractivity contribution in [1.29, 1.82) is 0 Å². The number of hydrogen-bond donors (Lipinski definition) is 2. The third-order valence-electron chi connectivity index (χ3n) is 3.87. The van der Waals surface area contributed by atoms with Crippen LogP contribution in [0.15, 0.2) is 41.8 Å². The van der Waals surface area contributed by atoms with E-state index in [2.05, 4.69) is 28.1 Å². The second kappa shape index (κ2) is 8.32. The molecule has 118 valence electrons. The van der Waals surface area contributed by atoms with Gasteiger partial charge in [-0.05, 0) is 43.3 Å². The van der Waals surface area contributed by atoms with E-state index in [0.717, 1.165) is 24.2 Å². The molecular formula is C17H21ClN2OS. The Labute approximate surface area is 141 Å². The predicted molar refractivity (Wildman–Crippen MR) is 95.9 cm³/mol. The van der Waals surface area contributed by atoms with Crippen molar-refractivity contribution in [1.82, 2.24) is 5.32 Å². The van der Waals surface area contributed by atoms with Crippen LogP contribution in [0.2, 0.25) is 0 Å². The van der Waals surface area contributed by atoms with Crippen LogP contribution >= 0.6 is 23.7 Å². The Morgan fingerprint density at radius 1 is 1.27 bits per heavy atom. The minimum absolute atomic E-state index is 0. The summed E-state index contributed by atoms with van der Waals surface area (Å²) in [6, 6.07) is 12.6. The summed E-state index contributed by atoms with van der Waals surface area (Å²) < 4.78 is 0. The van der Waals surface area contributed by atoms with Gasteiger partial charge in [-0.3, -0.25) is 4.79 Å². The number of carbonyl (C=O) groups is 1. The Kier molecular flexibility index (Phi) is 6.43. The standard InChI is InChI=1S/C17H20N2OS.ClH/c20-17(10-9-13-5-3-11-18-13)19-15-7-2-1-6-14(15)16-8-4-12-21-16;/h1-2,4,6-8,12-13,18H,3,5,9-11H2,(H,19,20);1H. The number of benzene rings is 1. The van der Waals surface area contributed by atoms with Crippen molar-refractivity contribution in [2.75, 3.05) is 11.9 Å². The summed E-state index contributed by atoms with van der Waals surface area (Å²) >= 11 is 1.69. The lowest BCUT2D eigenvalue weighted by molar-refractivity contribution is -0.116. The summed E-state index contributed by atoms with van der Waals surface area (Å²) in [6.45, 7) is 1.09. The summed E-state index contributed by atoms with van der Waals surface area (Å²) in [5.41, 5.74) is 2.00. The van der Waals surface area contributed by atoms with Crippen LogP contribution in [0.3, 0.4) is 0 Å². The molecule has 0 radical (unpaired) electrons. The van der Waals surface area contributed by atoms with E-state index in [9.17, 15) is 4.79 Å². The van der Waals surface area contributed by atoms with Gasteiger partial charge in [0.15, 0.2) is 0 Å². The number of hydrogen-bond acceptors (Lipinski definition) is 3. The summed E-state index contributed by atoms with van der Waals surface area (Å²) in [5, 5.41) is 8.55. The zero-order valence-electron chi connectivity index (χ0n) is 12.4. The highest BCUT2D eigenvalue weighted by molar-refractivity contribution is 7.13. The van der Waals surface area contributed by atoms with Gasteiger partial charge in [-0.1, -0.05) is 24.3 Å². The van der Waals surface area contributed by atoms with Crippen LogP contribution < -0.4 is 10.6 Å². The van der Waals surface area contributed by atoms with Gasteiger partial charge in [0, 0.05) is 28.6 Å². The molecule has 3 rings (SSSR count). The van der Waals surface area contributed by atoms with Gasteiger partial charge in [-0.2, -0.15) is 0 Å². The molecule has 1 aliphatic rings. The number of amides is 1. The molecule has 0 saturated carbocycles. The molecule has 1 aromatic carbocycles. The first-order chi connectivity index (χ1) is 10.3. The van der Waals surface area contributed by atoms with Crippen molar-refractivity contribution in [3.63, 3.8) is 0 Å². The monoisotopic (exact) mass is 336 g/mol. The molecular weight excluding hydrogens is 316 g/mol. The highest BCUT2D eigenvalue weighted by Crippen LogP contribution is 2.31. The minimum atomic E-state index is 0. The quantitative estimate of drug-likeness (QED) is 0.854. The van der Waals surface area contributed by atoms with E-state index in [1.807, 2.05) is 24.3 Å². The van der Waals surface area contributed by atoms with E-state index in [0.29, 0.717) is 12.5 Å². The molecule has 1 aromatic heterocycles. The Balaban J connectivity index is 0.00000176. The first kappa shape index (κ1) is 17.0. The SMILES string of the molecule is Cl.O=C(CCC1CCCN1)Nc1ccccc1-c1cccs1. The van der Waals surface area contributed by atoms with E-state index in [1.165, 1.54) is 17.7 Å². The van der Waals surface area contributed by atoms with Crippen LogP contribution in [0.4, 0.5) is 5.69 Å². The predicted octanol–water partition coefficient (Wildman–Crippen LogP) is 4.31. The van der Waals surface area contributed by atoms with Crippen LogP contribution in [0.1, 0.15) is 25.7 Å². The number of halogens is 1. The second-order valence-corrected chi connectivity index (χ2v) is 6.35. The van der Waals surface area contributed by atoms with E-state index in [4.69, 9.17) is 0 Å². The molecule has 1 amide bonds. The first-order valence-corrected chi connectivity index (χ1v) is 8.37. The average Bonchev–Trinajstić information content (AvgIpc) is 3.19. The summed E-state index contributed by atoms with van der Waals surface area (Å²) in [4.78, 5) is 13.3. The largest absolute Gasteiger partial charge is 0.325 e. The normalized spacial score (nSPS) is 17.0. The Hall–Kier alpha value is -1.36. The van der Waals surface area contributed by atoms with Crippen molar-refractivity contribution in [3.05, 3.63) is 41.8 Å². The molecule has 1 fully saturated rings. The van der Waals surface area contributed by atoms with E-state index >= 15 is 0 Å². The van der Waals surface area contributed by atoms with Gasteiger partial charge in [-0.15, -0.1) is 23.7 Å². The maximum absolute atomic E-state index is 12.2. The fourth-order valence-corrected chi connectivity index (χ4v) is 3.53. The average molecular weight is 337 g/mol. The maximum Gasteiger partial charge on any atom is 0.224 e. The molecule has 1 aliphatic heterocycles. The highest BCUT2D eigenvalue weighted by Gasteiger charge is 2.16. The molecule has 1 atom stereocenters. The molecule has 1 unspecified atom stereocenters. The third-order valence-corrected chi connectivity index (χ3v) is 4.77. The lowest BCUT2D eigenvalue weighted by atomic mass is 10.1. The smallest absolute Gasteiger partial charge is 0.224 e. The molecule has 2 heterocycles. The van der Waals surface area contributed by atoms with Crippen LogP contribution in [0.25, 0.3) is 10.4 Å². The van der Waals surface area contributed by atoms with Gasteiger partial charge in [0.25, 0.3) is 0 Å². The van der Waals surface area contributed by atoms with Crippen molar-refractivity contribution in [3.8, 4) is 10.4 Å². The first-order valence-electron chi connectivity index (χ1n) is 7.49. The van der Waals surface area contributed by atoms with Crippen molar-refractivity contribution in [2.24, 2.45) is 0 Å². The van der Waals surface area contributed by atoms with Gasteiger partial charge < -0.3 is 10.6 Å². The topological polar surface area (TPSA) is 41.1 Å². The number of rotatable bonds is 5. The van der Waals surface area contributed by atoms with Crippen LogP contribution in [0, 0.1) is 0 Å². The zero-order chi connectivity index (χ0) is 14.5. The molecule has 1 saturated heterocycles. The second-order valence-electron chi connectivity index (χ2n) is 5.40. The van der Waals surface area contributed by atoms with Gasteiger partial charge in [0.2, 0.25) is 5.91 Å². The molecule has 0 aliphatic carbocycles. The molecule has 2 N–H and O–H groups in total. The molecule has 0 bridgehead atoms. The molecule has 0 spiro atoms. The van der Waals surface area contributed by atoms with Crippen LogP contribution in [0.5, 0.6) is 0 Å². The highest BCUT2D eigenvalue weighted by atomic mass is 35.5. The summed E-state index contributed by atoms with van der Waals surface area (Å²) in [7, 11) is 0. The third kappa shape index (κ3) is 4.32. The minimum Gasteiger partial charge on any atom is -0.325 e. The number of para-hydroxylation sites is 1. The lowest BCUT2D eigenvalue weighted by Crippen LogP contribution is -2.23. The number of thiophene rings is 1.